The summed E-state index contributed by atoms with van der Waals surface area (Å²) in [6.07, 6.45) is 0. The van der Waals surface area contributed by atoms with Crippen LogP contribution in [0.2, 0.25) is 5.02 Å². The Morgan fingerprint density at radius 2 is 1.57 bits per heavy atom. The molecule has 0 fully saturated rings. The van der Waals surface area contributed by atoms with Crippen LogP contribution in [0, 0.1) is 0 Å². The summed E-state index contributed by atoms with van der Waals surface area (Å²) in [5, 5.41) is 0.602. The van der Waals surface area contributed by atoms with Gasteiger partial charge in [0.05, 0.1) is 25.3 Å². The summed E-state index contributed by atoms with van der Waals surface area (Å²) in [7, 11) is 2.53. The van der Waals surface area contributed by atoms with Gasteiger partial charge in [0.2, 0.25) is 0 Å². The SMILES string of the molecule is COC(=O)c1cc(OCc2cccc(Cl)c2)cc(C(=O)OC)c1. The molecule has 0 bridgehead atoms. The van der Waals surface area contributed by atoms with Gasteiger partial charge in [-0.2, -0.15) is 0 Å². The van der Waals surface area contributed by atoms with E-state index in [0.717, 1.165) is 5.56 Å². The lowest BCUT2D eigenvalue weighted by molar-refractivity contribution is 0.0598. The molecule has 2 aromatic rings. The van der Waals surface area contributed by atoms with Crippen molar-refractivity contribution in [3.8, 4) is 5.75 Å². The zero-order chi connectivity index (χ0) is 16.8. The number of hydrogen-bond donors (Lipinski definition) is 0. The third-order valence-corrected chi connectivity index (χ3v) is 3.28. The van der Waals surface area contributed by atoms with Crippen LogP contribution >= 0.6 is 11.6 Å². The molecule has 0 amide bonds. The van der Waals surface area contributed by atoms with E-state index in [0.29, 0.717) is 10.8 Å². The first-order valence-electron chi connectivity index (χ1n) is 6.72. The van der Waals surface area contributed by atoms with E-state index in [1.807, 2.05) is 12.1 Å². The second-order valence-corrected chi connectivity index (χ2v) is 5.08. The molecule has 0 radical (unpaired) electrons. The minimum Gasteiger partial charge on any atom is -0.489 e. The van der Waals surface area contributed by atoms with Gasteiger partial charge >= 0.3 is 11.9 Å². The molecule has 23 heavy (non-hydrogen) atoms. The monoisotopic (exact) mass is 334 g/mol. The van der Waals surface area contributed by atoms with Crippen molar-refractivity contribution in [2.75, 3.05) is 14.2 Å². The minimum atomic E-state index is -0.566. The average molecular weight is 335 g/mol. The Hall–Kier alpha value is -2.53. The number of rotatable bonds is 5. The summed E-state index contributed by atoms with van der Waals surface area (Å²) < 4.78 is 15.0. The summed E-state index contributed by atoms with van der Waals surface area (Å²) in [6.45, 7) is 0.242. The molecule has 0 N–H and O–H groups in total. The van der Waals surface area contributed by atoms with E-state index in [1.165, 1.54) is 32.4 Å². The van der Waals surface area contributed by atoms with Crippen molar-refractivity contribution in [1.82, 2.24) is 0 Å². The summed E-state index contributed by atoms with van der Waals surface area (Å²) in [4.78, 5) is 23.4. The first-order valence-corrected chi connectivity index (χ1v) is 7.10. The number of carbonyl (C=O) groups excluding carboxylic acids is 2. The van der Waals surface area contributed by atoms with Crippen molar-refractivity contribution in [3.05, 3.63) is 64.2 Å². The number of benzene rings is 2. The Bertz CT molecular complexity index is 692. The second-order valence-electron chi connectivity index (χ2n) is 4.65. The van der Waals surface area contributed by atoms with Gasteiger partial charge in [-0.3, -0.25) is 0 Å². The standard InChI is InChI=1S/C17H15ClO5/c1-21-16(19)12-7-13(17(20)22-2)9-15(8-12)23-10-11-4-3-5-14(18)6-11/h3-9H,10H2,1-2H3. The van der Waals surface area contributed by atoms with Crippen molar-refractivity contribution in [3.63, 3.8) is 0 Å². The molecule has 0 aliphatic carbocycles. The Morgan fingerprint density at radius 1 is 0.957 bits per heavy atom. The van der Waals surface area contributed by atoms with Gasteiger partial charge in [-0.05, 0) is 35.9 Å². The van der Waals surface area contributed by atoms with Crippen molar-refractivity contribution >= 4 is 23.5 Å². The van der Waals surface area contributed by atoms with Crippen molar-refractivity contribution in [2.45, 2.75) is 6.61 Å². The Morgan fingerprint density at radius 3 is 2.09 bits per heavy atom. The van der Waals surface area contributed by atoms with Crippen molar-refractivity contribution < 1.29 is 23.8 Å². The Kier molecular flexibility index (Phi) is 5.60. The number of methoxy groups -OCH3 is 2. The highest BCUT2D eigenvalue weighted by molar-refractivity contribution is 6.30. The lowest BCUT2D eigenvalue weighted by Gasteiger charge is -2.10. The van der Waals surface area contributed by atoms with Crippen LogP contribution < -0.4 is 4.74 Å². The largest absolute Gasteiger partial charge is 0.489 e. The van der Waals surface area contributed by atoms with Gasteiger partial charge in [-0.15, -0.1) is 0 Å². The van der Waals surface area contributed by atoms with E-state index < -0.39 is 11.9 Å². The first kappa shape index (κ1) is 16.8. The fourth-order valence-corrected chi connectivity index (χ4v) is 2.16. The normalized spacial score (nSPS) is 10.0. The average Bonchev–Trinajstić information content (AvgIpc) is 2.58. The zero-order valence-electron chi connectivity index (χ0n) is 12.7. The van der Waals surface area contributed by atoms with Crippen LogP contribution in [0.4, 0.5) is 0 Å². The van der Waals surface area contributed by atoms with Crippen molar-refractivity contribution in [1.29, 1.82) is 0 Å². The first-order chi connectivity index (χ1) is 11.0. The smallest absolute Gasteiger partial charge is 0.338 e. The minimum absolute atomic E-state index is 0.205. The predicted octanol–water partition coefficient (Wildman–Crippen LogP) is 3.49. The number of carbonyl (C=O) groups is 2. The van der Waals surface area contributed by atoms with Gasteiger partial charge < -0.3 is 14.2 Å². The van der Waals surface area contributed by atoms with Gasteiger partial charge in [0, 0.05) is 5.02 Å². The van der Waals surface area contributed by atoms with E-state index in [2.05, 4.69) is 9.47 Å². The van der Waals surface area contributed by atoms with Crippen LogP contribution in [0.15, 0.2) is 42.5 Å². The summed E-state index contributed by atoms with van der Waals surface area (Å²) in [6, 6.07) is 11.6. The number of hydrogen-bond acceptors (Lipinski definition) is 5. The summed E-state index contributed by atoms with van der Waals surface area (Å²) in [5.74, 6) is -0.778. The molecule has 0 aliphatic heterocycles. The van der Waals surface area contributed by atoms with E-state index in [-0.39, 0.29) is 17.7 Å². The van der Waals surface area contributed by atoms with E-state index >= 15 is 0 Å². The number of halogens is 1. The predicted molar refractivity (Wildman–Crippen MR) is 84.9 cm³/mol. The van der Waals surface area contributed by atoms with Gasteiger partial charge in [0.25, 0.3) is 0 Å². The quantitative estimate of drug-likeness (QED) is 0.783. The molecular weight excluding hydrogens is 320 g/mol. The van der Waals surface area contributed by atoms with Gasteiger partial charge in [-0.1, -0.05) is 23.7 Å². The van der Waals surface area contributed by atoms with Crippen LogP contribution in [-0.2, 0) is 16.1 Å². The molecule has 0 aromatic heterocycles. The molecule has 0 heterocycles. The highest BCUT2D eigenvalue weighted by Gasteiger charge is 2.14. The second kappa shape index (κ2) is 7.65. The maximum atomic E-state index is 11.7. The van der Waals surface area contributed by atoms with E-state index in [9.17, 15) is 9.59 Å². The third-order valence-electron chi connectivity index (χ3n) is 3.04. The van der Waals surface area contributed by atoms with E-state index in [1.54, 1.807) is 12.1 Å². The van der Waals surface area contributed by atoms with Crippen LogP contribution in [0.1, 0.15) is 26.3 Å². The highest BCUT2D eigenvalue weighted by Crippen LogP contribution is 2.21. The molecule has 2 aromatic carbocycles. The van der Waals surface area contributed by atoms with E-state index in [4.69, 9.17) is 16.3 Å². The molecule has 0 saturated carbocycles. The lowest BCUT2D eigenvalue weighted by atomic mass is 10.1. The van der Waals surface area contributed by atoms with Crippen LogP contribution in [0.5, 0.6) is 5.75 Å². The molecule has 0 saturated heterocycles. The van der Waals surface area contributed by atoms with Gasteiger partial charge in [0.1, 0.15) is 12.4 Å². The molecular formula is C17H15ClO5. The molecule has 0 aliphatic rings. The molecule has 2 rings (SSSR count). The van der Waals surface area contributed by atoms with Crippen LogP contribution in [0.3, 0.4) is 0 Å². The van der Waals surface area contributed by atoms with Crippen molar-refractivity contribution in [2.24, 2.45) is 0 Å². The van der Waals surface area contributed by atoms with Crippen LogP contribution in [0.25, 0.3) is 0 Å². The zero-order valence-corrected chi connectivity index (χ0v) is 13.4. The van der Waals surface area contributed by atoms with Crippen LogP contribution in [-0.4, -0.2) is 26.2 Å². The number of esters is 2. The van der Waals surface area contributed by atoms with Gasteiger partial charge in [-0.25, -0.2) is 9.59 Å². The molecule has 6 heteroatoms. The maximum Gasteiger partial charge on any atom is 0.338 e. The fraction of sp³-hybridized carbons (Fsp3) is 0.176. The fourth-order valence-electron chi connectivity index (χ4n) is 1.95. The van der Waals surface area contributed by atoms with Gasteiger partial charge in [0.15, 0.2) is 0 Å². The Labute approximate surface area is 138 Å². The third kappa shape index (κ3) is 4.47. The maximum absolute atomic E-state index is 11.7. The number of ether oxygens (including phenoxy) is 3. The molecule has 0 atom stereocenters. The topological polar surface area (TPSA) is 61.8 Å². The summed E-state index contributed by atoms with van der Waals surface area (Å²) >= 11 is 5.92. The molecule has 120 valence electrons. The highest BCUT2D eigenvalue weighted by atomic mass is 35.5. The lowest BCUT2D eigenvalue weighted by Crippen LogP contribution is -2.07. The molecule has 0 spiro atoms. The Balaban J connectivity index is 2.26. The molecule has 5 nitrogen and oxygen atoms in total. The molecule has 0 unspecified atom stereocenters. The summed E-state index contributed by atoms with van der Waals surface area (Å²) in [5.41, 5.74) is 1.27.